The SMILES string of the molecule is CSCc1cc(F)c(Br)nc1NC(=O)[C@@H]1CC(C)(C)[C@@H](C)N1C(=O)Cn1nc(C(C)=O)c2cc(-c3cnc(C)nc3)ccc21. The lowest BCUT2D eigenvalue weighted by molar-refractivity contribution is -0.139. The van der Waals surface area contributed by atoms with E-state index in [1.165, 1.54) is 29.4 Å². The Kier molecular flexibility index (Phi) is 8.90. The lowest BCUT2D eigenvalue weighted by Crippen LogP contribution is -2.48. The fourth-order valence-corrected chi connectivity index (χ4v) is 6.41. The number of thioether (sulfide) groups is 1. The third kappa shape index (κ3) is 6.12. The third-order valence-electron chi connectivity index (χ3n) is 8.23. The molecular weight excluding hydrogens is 649 g/mol. The molecule has 3 aromatic heterocycles. The van der Waals surface area contributed by atoms with Crippen LogP contribution in [0.1, 0.15) is 56.0 Å². The van der Waals surface area contributed by atoms with Gasteiger partial charge in [0.2, 0.25) is 11.8 Å². The highest BCUT2D eigenvalue weighted by Crippen LogP contribution is 2.41. The molecule has 1 saturated heterocycles. The number of hydrogen-bond donors (Lipinski definition) is 1. The summed E-state index contributed by atoms with van der Waals surface area (Å²) in [4.78, 5) is 54.7. The van der Waals surface area contributed by atoms with Crippen LogP contribution in [-0.4, -0.2) is 65.6 Å². The molecule has 4 heterocycles. The number of ketones is 1. The van der Waals surface area contributed by atoms with Crippen molar-refractivity contribution in [3.05, 3.63) is 64.2 Å². The van der Waals surface area contributed by atoms with Crippen LogP contribution in [0.2, 0.25) is 0 Å². The van der Waals surface area contributed by atoms with Crippen molar-refractivity contribution >= 4 is 62.0 Å². The van der Waals surface area contributed by atoms with E-state index in [1.807, 2.05) is 45.2 Å². The standard InChI is InChI=1S/C31H33BrFN7O3S/c1-16(41)27-22-9-19(21-12-34-18(3)35-13-21)7-8-24(22)39(38-27)14-26(42)40-17(2)31(4,5)11-25(40)30(43)37-29-20(15-44-6)10-23(33)28(32)36-29/h7-10,12-13,17,25H,11,14-15H2,1-6H3,(H,36,37,43)/t17-,25+/m1/s1. The van der Waals surface area contributed by atoms with E-state index in [2.05, 4.69) is 41.3 Å². The average Bonchev–Trinajstić information content (AvgIpc) is 3.45. The highest BCUT2D eigenvalue weighted by Gasteiger charge is 2.49. The molecule has 2 amide bonds. The van der Waals surface area contributed by atoms with Crippen LogP contribution >= 0.6 is 27.7 Å². The minimum absolute atomic E-state index is 0.00407. The van der Waals surface area contributed by atoms with E-state index < -0.39 is 17.8 Å². The summed E-state index contributed by atoms with van der Waals surface area (Å²) in [5.41, 5.74) is 2.67. The van der Waals surface area contributed by atoms with E-state index in [0.717, 1.165) is 11.1 Å². The Morgan fingerprint density at radius 3 is 2.52 bits per heavy atom. The van der Waals surface area contributed by atoms with E-state index in [9.17, 15) is 18.8 Å². The van der Waals surface area contributed by atoms with Gasteiger partial charge in [-0.1, -0.05) is 19.9 Å². The van der Waals surface area contributed by atoms with Crippen molar-refractivity contribution in [3.8, 4) is 11.1 Å². The van der Waals surface area contributed by atoms with Crippen molar-refractivity contribution in [2.45, 2.75) is 65.4 Å². The number of carbonyl (C=O) groups excluding carboxylic acids is 3. The van der Waals surface area contributed by atoms with Crippen molar-refractivity contribution in [2.75, 3.05) is 11.6 Å². The van der Waals surface area contributed by atoms with Crippen LogP contribution in [0, 0.1) is 18.2 Å². The van der Waals surface area contributed by atoms with Crippen LogP contribution in [0.15, 0.2) is 41.3 Å². The topological polar surface area (TPSA) is 123 Å². The molecule has 13 heteroatoms. The number of fused-ring (bicyclic) bond motifs is 1. The Morgan fingerprint density at radius 1 is 1.16 bits per heavy atom. The number of pyridine rings is 1. The van der Waals surface area contributed by atoms with Crippen LogP contribution in [0.3, 0.4) is 0 Å². The Hall–Kier alpha value is -3.71. The third-order valence-corrected chi connectivity index (χ3v) is 9.39. The lowest BCUT2D eigenvalue weighted by Gasteiger charge is -2.31. The van der Waals surface area contributed by atoms with Crippen molar-refractivity contribution in [1.82, 2.24) is 29.6 Å². The molecule has 0 saturated carbocycles. The van der Waals surface area contributed by atoms with Crippen LogP contribution < -0.4 is 5.32 Å². The average molecular weight is 683 g/mol. The minimum Gasteiger partial charge on any atom is -0.326 e. The number of Topliss-reactive ketones (excluding diaryl/α,β-unsaturated/α-hetero) is 1. The molecule has 44 heavy (non-hydrogen) atoms. The van der Waals surface area contributed by atoms with E-state index >= 15 is 0 Å². The maximum absolute atomic E-state index is 14.2. The first-order chi connectivity index (χ1) is 20.8. The summed E-state index contributed by atoms with van der Waals surface area (Å²) in [5.74, 6) is -0.105. The van der Waals surface area contributed by atoms with E-state index in [-0.39, 0.29) is 45.8 Å². The van der Waals surface area contributed by atoms with Gasteiger partial charge >= 0.3 is 0 Å². The van der Waals surface area contributed by atoms with Gasteiger partial charge in [0, 0.05) is 47.6 Å². The second kappa shape index (κ2) is 12.4. The molecule has 2 atom stereocenters. The number of nitrogens with zero attached hydrogens (tertiary/aromatic N) is 6. The highest BCUT2D eigenvalue weighted by molar-refractivity contribution is 9.10. The number of aromatic nitrogens is 5. The van der Waals surface area contributed by atoms with E-state index in [4.69, 9.17) is 0 Å². The Balaban J connectivity index is 1.46. The molecule has 4 aromatic rings. The Labute approximate surface area is 267 Å². The van der Waals surface area contributed by atoms with Gasteiger partial charge in [0.05, 0.1) is 5.52 Å². The van der Waals surface area contributed by atoms with E-state index in [1.54, 1.807) is 24.2 Å². The normalized spacial score (nSPS) is 17.7. The fraction of sp³-hybridized carbons (Fsp3) is 0.387. The molecule has 1 fully saturated rings. The number of benzene rings is 1. The first-order valence-electron chi connectivity index (χ1n) is 14.1. The fourth-order valence-electron chi connectivity index (χ4n) is 5.59. The monoisotopic (exact) mass is 681 g/mol. The number of likely N-dealkylation sites (tertiary alicyclic amines) is 1. The zero-order valence-electron chi connectivity index (χ0n) is 25.3. The van der Waals surface area contributed by atoms with Gasteiger partial charge in [-0.05, 0) is 71.6 Å². The lowest BCUT2D eigenvalue weighted by atomic mass is 9.84. The van der Waals surface area contributed by atoms with Gasteiger partial charge < -0.3 is 10.2 Å². The largest absolute Gasteiger partial charge is 0.326 e. The van der Waals surface area contributed by atoms with Gasteiger partial charge in [-0.3, -0.25) is 19.1 Å². The quantitative estimate of drug-likeness (QED) is 0.182. The van der Waals surface area contributed by atoms with Gasteiger partial charge in [0.15, 0.2) is 11.6 Å². The smallest absolute Gasteiger partial charge is 0.248 e. The number of hydrogen-bond acceptors (Lipinski definition) is 8. The molecule has 1 aliphatic heterocycles. The molecule has 1 N–H and O–H groups in total. The number of rotatable bonds is 8. The maximum atomic E-state index is 14.2. The first-order valence-corrected chi connectivity index (χ1v) is 16.3. The van der Waals surface area contributed by atoms with Crippen molar-refractivity contribution in [3.63, 3.8) is 0 Å². The van der Waals surface area contributed by atoms with Gasteiger partial charge in [0.25, 0.3) is 0 Å². The molecule has 0 radical (unpaired) electrons. The molecule has 5 rings (SSSR count). The van der Waals surface area contributed by atoms with Crippen LogP contribution in [-0.2, 0) is 21.9 Å². The second-order valence-electron chi connectivity index (χ2n) is 11.7. The van der Waals surface area contributed by atoms with Crippen LogP contribution in [0.25, 0.3) is 22.0 Å². The number of nitrogens with one attached hydrogen (secondary N) is 1. The summed E-state index contributed by atoms with van der Waals surface area (Å²) < 4.78 is 15.7. The molecular formula is C31H33BrFN7O3S. The summed E-state index contributed by atoms with van der Waals surface area (Å²) in [5, 5.41) is 8.00. The molecule has 230 valence electrons. The highest BCUT2D eigenvalue weighted by atomic mass is 79.9. The predicted molar refractivity (Wildman–Crippen MR) is 172 cm³/mol. The Morgan fingerprint density at radius 2 is 1.86 bits per heavy atom. The Bertz CT molecular complexity index is 1780. The van der Waals surface area contributed by atoms with Crippen molar-refractivity contribution in [2.24, 2.45) is 5.41 Å². The molecule has 1 aliphatic rings. The molecule has 0 spiro atoms. The summed E-state index contributed by atoms with van der Waals surface area (Å²) in [7, 11) is 0. The first kappa shape index (κ1) is 31.7. The van der Waals surface area contributed by atoms with Crippen LogP contribution in [0.5, 0.6) is 0 Å². The van der Waals surface area contributed by atoms with Crippen LogP contribution in [0.4, 0.5) is 10.2 Å². The maximum Gasteiger partial charge on any atom is 0.248 e. The number of aryl methyl sites for hydroxylation is 1. The molecule has 0 aliphatic carbocycles. The molecule has 0 bridgehead atoms. The summed E-state index contributed by atoms with van der Waals surface area (Å²) >= 11 is 4.58. The second-order valence-corrected chi connectivity index (χ2v) is 13.3. The zero-order valence-corrected chi connectivity index (χ0v) is 27.7. The summed E-state index contributed by atoms with van der Waals surface area (Å²) in [6, 6.07) is 5.84. The molecule has 0 unspecified atom stereocenters. The predicted octanol–water partition coefficient (Wildman–Crippen LogP) is 5.82. The van der Waals surface area contributed by atoms with Gasteiger partial charge in [-0.15, -0.1) is 0 Å². The molecule has 10 nitrogen and oxygen atoms in total. The van der Waals surface area contributed by atoms with Crippen molar-refractivity contribution < 1.29 is 18.8 Å². The molecule has 1 aromatic carbocycles. The minimum atomic E-state index is -0.789. The zero-order chi connectivity index (χ0) is 31.9. The summed E-state index contributed by atoms with van der Waals surface area (Å²) in [6.07, 6.45) is 5.74. The number of amides is 2. The van der Waals surface area contributed by atoms with Gasteiger partial charge in [0.1, 0.15) is 34.5 Å². The van der Waals surface area contributed by atoms with E-state index in [0.29, 0.717) is 34.5 Å². The van der Waals surface area contributed by atoms with Crippen molar-refractivity contribution in [1.29, 1.82) is 0 Å². The van der Waals surface area contributed by atoms with Gasteiger partial charge in [-0.25, -0.2) is 19.3 Å². The summed E-state index contributed by atoms with van der Waals surface area (Å²) in [6.45, 7) is 9.04. The number of carbonyl (C=O) groups is 3. The van der Waals surface area contributed by atoms with Gasteiger partial charge in [-0.2, -0.15) is 16.9 Å². The number of halogens is 2. The number of anilines is 1.